The fraction of sp³-hybridized carbons (Fsp3) is 0.364. The normalized spacial score (nSPS) is 14.5. The second-order valence-corrected chi connectivity index (χ2v) is 9.62. The van der Waals surface area contributed by atoms with Crippen molar-refractivity contribution in [1.82, 2.24) is 24.9 Å². The maximum atomic E-state index is 13.4. The van der Waals surface area contributed by atoms with Crippen LogP contribution in [0, 0.1) is 0 Å². The predicted molar refractivity (Wildman–Crippen MR) is 136 cm³/mol. The Balaban J connectivity index is 0.00000259. The van der Waals surface area contributed by atoms with Gasteiger partial charge in [0.2, 0.25) is 0 Å². The Hall–Kier alpha value is -2.11. The van der Waals surface area contributed by atoms with Gasteiger partial charge in [-0.2, -0.15) is 0 Å². The topological polar surface area (TPSA) is 76.4 Å². The molecule has 0 aliphatic carbocycles. The van der Waals surface area contributed by atoms with Gasteiger partial charge in [-0.25, -0.2) is 9.67 Å². The number of thiazole rings is 1. The van der Waals surface area contributed by atoms with Crippen LogP contribution in [0.5, 0.6) is 0 Å². The van der Waals surface area contributed by atoms with Crippen LogP contribution in [0.3, 0.4) is 0 Å². The number of aromatic nitrogens is 4. The Labute approximate surface area is 210 Å². The number of hydrogen-bond acceptors (Lipinski definition) is 7. The van der Waals surface area contributed by atoms with Crippen molar-refractivity contribution in [3.05, 3.63) is 46.9 Å². The van der Waals surface area contributed by atoms with Gasteiger partial charge in [0, 0.05) is 30.7 Å². The van der Waals surface area contributed by atoms with Crippen LogP contribution in [0.4, 0.5) is 5.13 Å². The monoisotopic (exact) mass is 550 g/mol. The third-order valence-electron chi connectivity index (χ3n) is 5.54. The zero-order chi connectivity index (χ0) is 21.9. The third kappa shape index (κ3) is 5.52. The molecule has 0 unspecified atom stereocenters. The second-order valence-electron chi connectivity index (χ2n) is 7.70. The smallest absolute Gasteiger partial charge is 0.250 e. The summed E-state index contributed by atoms with van der Waals surface area (Å²) in [4.78, 5) is 22.4. The van der Waals surface area contributed by atoms with Crippen LogP contribution >= 0.6 is 39.7 Å². The molecule has 0 radical (unpaired) electrons. The van der Waals surface area contributed by atoms with E-state index in [0.29, 0.717) is 6.54 Å². The van der Waals surface area contributed by atoms with Crippen LogP contribution in [-0.4, -0.2) is 70.2 Å². The van der Waals surface area contributed by atoms with E-state index in [1.165, 1.54) is 11.3 Å². The van der Waals surface area contributed by atoms with E-state index in [1.54, 1.807) is 9.58 Å². The number of fused-ring (bicyclic) bond motifs is 2. The largest absolute Gasteiger partial charge is 0.379 e. The quantitative estimate of drug-likeness (QED) is 0.346. The number of carbonyl (C=O) groups is 1. The summed E-state index contributed by atoms with van der Waals surface area (Å²) in [6, 6.07) is 13.7. The average Bonchev–Trinajstić information content (AvgIpc) is 3.41. The second kappa shape index (κ2) is 10.9. The lowest BCUT2D eigenvalue weighted by atomic mass is 10.3. The van der Waals surface area contributed by atoms with Gasteiger partial charge < -0.3 is 4.74 Å². The number of carbonyl (C=O) groups excluding carboxylic acids is 1. The van der Waals surface area contributed by atoms with E-state index in [2.05, 4.69) is 31.1 Å². The van der Waals surface area contributed by atoms with E-state index < -0.39 is 0 Å². The molecule has 1 amide bonds. The summed E-state index contributed by atoms with van der Waals surface area (Å²) in [7, 11) is 0. The fourth-order valence-electron chi connectivity index (χ4n) is 3.85. The first-order valence-electron chi connectivity index (χ1n) is 10.6. The van der Waals surface area contributed by atoms with Crippen LogP contribution in [-0.2, 0) is 16.1 Å². The van der Waals surface area contributed by atoms with Crippen molar-refractivity contribution >= 4 is 72.0 Å². The van der Waals surface area contributed by atoms with Crippen LogP contribution in [0.15, 0.2) is 46.9 Å². The minimum Gasteiger partial charge on any atom is -0.379 e. The van der Waals surface area contributed by atoms with Crippen LogP contribution in [0.25, 0.3) is 21.3 Å². The number of amides is 1. The molecular formula is C22H24BrClN6O2S. The number of benzene rings is 2. The summed E-state index contributed by atoms with van der Waals surface area (Å²) in [5.74, 6) is -0.0410. The number of para-hydroxylation sites is 1. The van der Waals surface area contributed by atoms with Gasteiger partial charge in [-0.05, 0) is 36.8 Å². The minimum absolute atomic E-state index is 0. The fourth-order valence-corrected chi connectivity index (χ4v) is 5.41. The number of rotatable bonds is 7. The Morgan fingerprint density at radius 2 is 1.97 bits per heavy atom. The molecule has 0 N–H and O–H groups in total. The Morgan fingerprint density at radius 1 is 1.15 bits per heavy atom. The third-order valence-corrected chi connectivity index (χ3v) is 7.07. The molecule has 174 valence electrons. The number of halogens is 2. The maximum absolute atomic E-state index is 13.4. The molecule has 0 spiro atoms. The number of morpholine rings is 1. The molecule has 5 rings (SSSR count). The summed E-state index contributed by atoms with van der Waals surface area (Å²) in [5.41, 5.74) is 2.52. The standard InChI is InChI=1S/C22H23BrN6O2S.ClH/c23-16-6-7-18-20(14-16)32-22(24-18)28(9-3-8-27-10-12-31-13-11-27)21(30)15-29-19-5-2-1-4-17(19)25-26-29;/h1-2,4-7,14H,3,8-13,15H2;1H. The molecule has 8 nitrogen and oxygen atoms in total. The summed E-state index contributed by atoms with van der Waals surface area (Å²) in [6.45, 7) is 5.07. The summed E-state index contributed by atoms with van der Waals surface area (Å²) < 4.78 is 9.15. The van der Waals surface area contributed by atoms with Gasteiger partial charge in [0.25, 0.3) is 5.91 Å². The number of hydrogen-bond donors (Lipinski definition) is 0. The van der Waals surface area contributed by atoms with E-state index in [-0.39, 0.29) is 24.9 Å². The van der Waals surface area contributed by atoms with Crippen molar-refractivity contribution < 1.29 is 9.53 Å². The minimum atomic E-state index is -0.0410. The van der Waals surface area contributed by atoms with Gasteiger partial charge in [0.05, 0.1) is 28.9 Å². The van der Waals surface area contributed by atoms with Crippen molar-refractivity contribution in [3.8, 4) is 0 Å². The van der Waals surface area contributed by atoms with Crippen molar-refractivity contribution in [2.75, 3.05) is 44.3 Å². The highest BCUT2D eigenvalue weighted by molar-refractivity contribution is 9.10. The van der Waals surface area contributed by atoms with Crippen molar-refractivity contribution in [3.63, 3.8) is 0 Å². The van der Waals surface area contributed by atoms with Crippen molar-refractivity contribution in [1.29, 1.82) is 0 Å². The number of anilines is 1. The molecule has 11 heteroatoms. The highest BCUT2D eigenvalue weighted by Gasteiger charge is 2.22. The number of ether oxygens (including phenoxy) is 1. The van der Waals surface area contributed by atoms with Crippen LogP contribution < -0.4 is 4.90 Å². The lowest BCUT2D eigenvalue weighted by Gasteiger charge is -2.27. The molecule has 4 aromatic rings. The van der Waals surface area contributed by atoms with E-state index >= 15 is 0 Å². The molecule has 0 bridgehead atoms. The van der Waals surface area contributed by atoms with Gasteiger partial charge in [-0.15, -0.1) is 17.5 Å². The van der Waals surface area contributed by atoms with Gasteiger partial charge in [-0.1, -0.05) is 44.6 Å². The number of nitrogens with zero attached hydrogens (tertiary/aromatic N) is 6. The zero-order valence-electron chi connectivity index (χ0n) is 17.9. The van der Waals surface area contributed by atoms with E-state index in [9.17, 15) is 4.79 Å². The first-order valence-corrected chi connectivity index (χ1v) is 12.2. The zero-order valence-corrected chi connectivity index (χ0v) is 21.1. The van der Waals surface area contributed by atoms with Crippen molar-refractivity contribution in [2.45, 2.75) is 13.0 Å². The first kappa shape index (κ1) is 24.0. The molecule has 3 heterocycles. The molecule has 1 saturated heterocycles. The lowest BCUT2D eigenvalue weighted by Crippen LogP contribution is -2.40. The Morgan fingerprint density at radius 3 is 2.82 bits per heavy atom. The van der Waals surface area contributed by atoms with Gasteiger partial charge in [0.1, 0.15) is 12.1 Å². The van der Waals surface area contributed by atoms with Gasteiger partial charge >= 0.3 is 0 Å². The van der Waals surface area contributed by atoms with Crippen molar-refractivity contribution in [2.24, 2.45) is 0 Å². The molecule has 0 atom stereocenters. The molecule has 33 heavy (non-hydrogen) atoms. The molecule has 1 fully saturated rings. The summed E-state index contributed by atoms with van der Waals surface area (Å²) in [6.07, 6.45) is 0.865. The first-order chi connectivity index (χ1) is 15.7. The molecule has 1 aliphatic heterocycles. The molecular weight excluding hydrogens is 528 g/mol. The lowest BCUT2D eigenvalue weighted by molar-refractivity contribution is -0.119. The van der Waals surface area contributed by atoms with Gasteiger partial charge in [-0.3, -0.25) is 14.6 Å². The average molecular weight is 552 g/mol. The molecule has 0 saturated carbocycles. The van der Waals surface area contributed by atoms with E-state index in [0.717, 1.165) is 70.1 Å². The molecule has 2 aromatic carbocycles. The Kier molecular flexibility index (Phi) is 7.92. The van der Waals surface area contributed by atoms with Gasteiger partial charge in [0.15, 0.2) is 5.13 Å². The summed E-state index contributed by atoms with van der Waals surface area (Å²) in [5, 5.41) is 9.09. The predicted octanol–water partition coefficient (Wildman–Crippen LogP) is 3.98. The molecule has 1 aliphatic rings. The van der Waals surface area contributed by atoms with E-state index in [4.69, 9.17) is 9.72 Å². The Bertz CT molecular complexity index is 1240. The highest BCUT2D eigenvalue weighted by Crippen LogP contribution is 2.31. The SMILES string of the molecule is Cl.O=C(Cn1nnc2ccccc21)N(CCCN1CCOCC1)c1nc2ccc(Br)cc2s1. The summed E-state index contributed by atoms with van der Waals surface area (Å²) >= 11 is 5.06. The van der Waals surface area contributed by atoms with E-state index in [1.807, 2.05) is 42.5 Å². The van der Waals surface area contributed by atoms with Crippen LogP contribution in [0.2, 0.25) is 0 Å². The van der Waals surface area contributed by atoms with Crippen LogP contribution in [0.1, 0.15) is 6.42 Å². The molecule has 2 aromatic heterocycles. The maximum Gasteiger partial charge on any atom is 0.250 e. The highest BCUT2D eigenvalue weighted by atomic mass is 79.9.